The zero-order valence-electron chi connectivity index (χ0n) is 11.4. The van der Waals surface area contributed by atoms with Gasteiger partial charge in [-0.25, -0.2) is 0 Å². The van der Waals surface area contributed by atoms with Crippen LogP contribution in [0.4, 0.5) is 0 Å². The van der Waals surface area contributed by atoms with Crippen molar-refractivity contribution in [3.05, 3.63) is 17.7 Å². The lowest BCUT2D eigenvalue weighted by molar-refractivity contribution is -0.123. The van der Waals surface area contributed by atoms with Crippen LogP contribution in [0.5, 0.6) is 17.2 Å². The van der Waals surface area contributed by atoms with Crippen molar-refractivity contribution >= 4 is 5.91 Å². The molecule has 1 fully saturated rings. The normalized spacial score (nSPS) is 16.1. The first-order chi connectivity index (χ1) is 9.76. The summed E-state index contributed by atoms with van der Waals surface area (Å²) in [6.45, 7) is 0.878. The standard InChI is InChI=1S/C14H18N2O4/c1-15-6-9-4-12-13(20-8-19-12)5-11(9)18-7-14(17)16-10-2-3-10/h4-5,10,15H,2-3,6-8H2,1H3,(H,16,17). The van der Waals surface area contributed by atoms with E-state index in [0.29, 0.717) is 29.8 Å². The zero-order valence-corrected chi connectivity index (χ0v) is 11.4. The zero-order chi connectivity index (χ0) is 13.9. The van der Waals surface area contributed by atoms with Gasteiger partial charge in [-0.3, -0.25) is 4.79 Å². The van der Waals surface area contributed by atoms with Gasteiger partial charge in [-0.2, -0.15) is 0 Å². The van der Waals surface area contributed by atoms with Crippen molar-refractivity contribution in [3.63, 3.8) is 0 Å². The van der Waals surface area contributed by atoms with Crippen molar-refractivity contribution in [1.82, 2.24) is 10.6 Å². The lowest BCUT2D eigenvalue weighted by Gasteiger charge is -2.12. The van der Waals surface area contributed by atoms with Crippen molar-refractivity contribution in [1.29, 1.82) is 0 Å². The molecule has 20 heavy (non-hydrogen) atoms. The summed E-state index contributed by atoms with van der Waals surface area (Å²) in [5, 5.41) is 5.96. The van der Waals surface area contributed by atoms with Crippen molar-refractivity contribution in [2.45, 2.75) is 25.4 Å². The monoisotopic (exact) mass is 278 g/mol. The lowest BCUT2D eigenvalue weighted by atomic mass is 10.1. The predicted octanol–water partition coefficient (Wildman–Crippen LogP) is 0.792. The highest BCUT2D eigenvalue weighted by Crippen LogP contribution is 2.38. The Morgan fingerprint density at radius 2 is 2.10 bits per heavy atom. The third kappa shape index (κ3) is 2.96. The highest BCUT2D eigenvalue weighted by molar-refractivity contribution is 5.78. The number of ether oxygens (including phenoxy) is 3. The Labute approximate surface area is 117 Å². The summed E-state index contributed by atoms with van der Waals surface area (Å²) in [6, 6.07) is 4.01. The van der Waals surface area contributed by atoms with Crippen molar-refractivity contribution in [2.24, 2.45) is 0 Å². The summed E-state index contributed by atoms with van der Waals surface area (Å²) in [5.74, 6) is 1.93. The van der Waals surface area contributed by atoms with E-state index < -0.39 is 0 Å². The highest BCUT2D eigenvalue weighted by atomic mass is 16.7. The number of fused-ring (bicyclic) bond motifs is 1. The second-order valence-corrected chi connectivity index (χ2v) is 4.97. The molecule has 6 heteroatoms. The van der Waals surface area contributed by atoms with Crippen LogP contribution in [0.15, 0.2) is 12.1 Å². The molecule has 2 N–H and O–H groups in total. The lowest BCUT2D eigenvalue weighted by Crippen LogP contribution is -2.30. The number of nitrogens with one attached hydrogen (secondary N) is 2. The quantitative estimate of drug-likeness (QED) is 0.805. The molecule has 1 aromatic rings. The Kier molecular flexibility index (Phi) is 3.64. The molecule has 6 nitrogen and oxygen atoms in total. The first-order valence-electron chi connectivity index (χ1n) is 6.75. The van der Waals surface area contributed by atoms with E-state index in [1.807, 2.05) is 13.1 Å². The van der Waals surface area contributed by atoms with Gasteiger partial charge in [0.15, 0.2) is 18.1 Å². The summed E-state index contributed by atoms with van der Waals surface area (Å²) in [6.07, 6.45) is 2.14. The van der Waals surface area contributed by atoms with Gasteiger partial charge >= 0.3 is 0 Å². The van der Waals surface area contributed by atoms with E-state index in [1.165, 1.54) is 0 Å². The Morgan fingerprint density at radius 1 is 1.35 bits per heavy atom. The number of amides is 1. The van der Waals surface area contributed by atoms with Crippen LogP contribution < -0.4 is 24.8 Å². The summed E-state index contributed by atoms with van der Waals surface area (Å²) in [5.41, 5.74) is 0.941. The topological polar surface area (TPSA) is 68.8 Å². The van der Waals surface area contributed by atoms with Crippen molar-refractivity contribution in [2.75, 3.05) is 20.4 Å². The first-order valence-corrected chi connectivity index (χ1v) is 6.75. The van der Waals surface area contributed by atoms with E-state index in [-0.39, 0.29) is 19.3 Å². The fourth-order valence-corrected chi connectivity index (χ4v) is 2.07. The number of hydrogen-bond acceptors (Lipinski definition) is 5. The number of carbonyl (C=O) groups is 1. The van der Waals surface area contributed by atoms with Gasteiger partial charge in [-0.1, -0.05) is 0 Å². The maximum Gasteiger partial charge on any atom is 0.258 e. The molecule has 3 rings (SSSR count). The second kappa shape index (κ2) is 5.58. The van der Waals surface area contributed by atoms with Gasteiger partial charge < -0.3 is 24.8 Å². The molecule has 108 valence electrons. The molecule has 1 aliphatic heterocycles. The van der Waals surface area contributed by atoms with Crippen LogP contribution in [0.3, 0.4) is 0 Å². The molecule has 1 aromatic carbocycles. The maximum absolute atomic E-state index is 11.7. The van der Waals surface area contributed by atoms with Gasteiger partial charge in [0.05, 0.1) is 0 Å². The van der Waals surface area contributed by atoms with Gasteiger partial charge in [0, 0.05) is 24.2 Å². The van der Waals surface area contributed by atoms with E-state index in [1.54, 1.807) is 6.07 Å². The molecule has 0 radical (unpaired) electrons. The van der Waals surface area contributed by atoms with Crippen LogP contribution in [0.1, 0.15) is 18.4 Å². The SMILES string of the molecule is CNCc1cc2c(cc1OCC(=O)NC1CC1)OCO2. The Bertz CT molecular complexity index is 514. The largest absolute Gasteiger partial charge is 0.483 e. The van der Waals surface area contributed by atoms with Crippen LogP contribution in [-0.4, -0.2) is 32.4 Å². The number of hydrogen-bond donors (Lipinski definition) is 2. The average Bonchev–Trinajstić information content (AvgIpc) is 3.12. The first kappa shape index (κ1) is 13.1. The van der Waals surface area contributed by atoms with E-state index in [4.69, 9.17) is 14.2 Å². The van der Waals surface area contributed by atoms with Crippen LogP contribution in [0.2, 0.25) is 0 Å². The average molecular weight is 278 g/mol. The number of rotatable bonds is 6. The summed E-state index contributed by atoms with van der Waals surface area (Å²) in [7, 11) is 1.86. The van der Waals surface area contributed by atoms with Crippen molar-refractivity contribution in [3.8, 4) is 17.2 Å². The van der Waals surface area contributed by atoms with Crippen LogP contribution >= 0.6 is 0 Å². The molecule has 1 aliphatic carbocycles. The summed E-state index contributed by atoms with van der Waals surface area (Å²) >= 11 is 0. The second-order valence-electron chi connectivity index (χ2n) is 4.97. The van der Waals surface area contributed by atoms with E-state index in [9.17, 15) is 4.79 Å². The molecule has 0 saturated heterocycles. The van der Waals surface area contributed by atoms with Crippen LogP contribution in [-0.2, 0) is 11.3 Å². The molecule has 0 unspecified atom stereocenters. The predicted molar refractivity (Wildman–Crippen MR) is 72.0 cm³/mol. The molecule has 0 atom stereocenters. The fraction of sp³-hybridized carbons (Fsp3) is 0.500. The van der Waals surface area contributed by atoms with E-state index >= 15 is 0 Å². The third-order valence-electron chi connectivity index (χ3n) is 3.22. The molecule has 0 spiro atoms. The minimum absolute atomic E-state index is 0.0207. The molecule has 1 saturated carbocycles. The molecule has 1 amide bonds. The molecule has 0 bridgehead atoms. The van der Waals surface area contributed by atoms with Gasteiger partial charge in [0.1, 0.15) is 5.75 Å². The number of benzene rings is 1. The Morgan fingerprint density at radius 3 is 2.80 bits per heavy atom. The van der Waals surface area contributed by atoms with Crippen LogP contribution in [0.25, 0.3) is 0 Å². The van der Waals surface area contributed by atoms with Crippen LogP contribution in [0, 0.1) is 0 Å². The van der Waals surface area contributed by atoms with Gasteiger partial charge in [0.25, 0.3) is 5.91 Å². The smallest absolute Gasteiger partial charge is 0.258 e. The van der Waals surface area contributed by atoms with Gasteiger partial charge in [-0.15, -0.1) is 0 Å². The van der Waals surface area contributed by atoms with Gasteiger partial charge in [0.2, 0.25) is 6.79 Å². The Hall–Kier alpha value is -1.95. The number of carbonyl (C=O) groups excluding carboxylic acids is 1. The third-order valence-corrected chi connectivity index (χ3v) is 3.22. The molecule has 2 aliphatic rings. The van der Waals surface area contributed by atoms with Crippen molar-refractivity contribution < 1.29 is 19.0 Å². The van der Waals surface area contributed by atoms with E-state index in [0.717, 1.165) is 18.4 Å². The molecule has 1 heterocycles. The summed E-state index contributed by atoms with van der Waals surface area (Å²) < 4.78 is 16.3. The fourth-order valence-electron chi connectivity index (χ4n) is 2.07. The minimum atomic E-state index is -0.0828. The minimum Gasteiger partial charge on any atom is -0.483 e. The van der Waals surface area contributed by atoms with Gasteiger partial charge in [-0.05, 0) is 26.0 Å². The molecular formula is C14H18N2O4. The summed E-state index contributed by atoms with van der Waals surface area (Å²) in [4.78, 5) is 11.7. The Balaban J connectivity index is 1.68. The van der Waals surface area contributed by atoms with E-state index in [2.05, 4.69) is 10.6 Å². The molecule has 0 aromatic heterocycles. The highest BCUT2D eigenvalue weighted by Gasteiger charge is 2.24. The maximum atomic E-state index is 11.7. The molecular weight excluding hydrogens is 260 g/mol.